The molecule has 0 radical (unpaired) electrons. The molecule has 0 atom stereocenters. The van der Waals surface area contributed by atoms with E-state index >= 15 is 0 Å². The van der Waals surface area contributed by atoms with Gasteiger partial charge >= 0.3 is 5.97 Å². The molecule has 0 unspecified atom stereocenters. The summed E-state index contributed by atoms with van der Waals surface area (Å²) in [4.78, 5) is 13.0. The molecule has 0 saturated carbocycles. The summed E-state index contributed by atoms with van der Waals surface area (Å²) in [6.45, 7) is 9.35. The molecule has 3 rings (SSSR count). The van der Waals surface area contributed by atoms with E-state index in [1.54, 1.807) is 12.1 Å². The third-order valence-electron chi connectivity index (χ3n) is 5.02. The molecule has 1 aliphatic carbocycles. The molecule has 128 valence electrons. The second-order valence-electron chi connectivity index (χ2n) is 7.82. The Bertz CT molecular complexity index is 723. The first-order valence-electron chi connectivity index (χ1n) is 8.33. The van der Waals surface area contributed by atoms with Gasteiger partial charge in [0.1, 0.15) is 0 Å². The van der Waals surface area contributed by atoms with Crippen LogP contribution in [0.15, 0.2) is 30.3 Å². The summed E-state index contributed by atoms with van der Waals surface area (Å²) in [6.07, 6.45) is 2.44. The van der Waals surface area contributed by atoms with Gasteiger partial charge in [0.25, 0.3) is 0 Å². The van der Waals surface area contributed by atoms with Crippen molar-refractivity contribution in [3.05, 3.63) is 46.3 Å². The van der Waals surface area contributed by atoms with Crippen LogP contribution >= 0.6 is 11.3 Å². The monoisotopic (exact) mass is 343 g/mol. The average molecular weight is 343 g/mol. The zero-order chi connectivity index (χ0) is 17.5. The first-order chi connectivity index (χ1) is 11.2. The maximum atomic E-state index is 11.5. The molecule has 4 heteroatoms. The number of esters is 1. The number of hydrogen-bond acceptors (Lipinski definition) is 4. The molecule has 0 bridgehead atoms. The topological polar surface area (TPSA) is 38.3 Å². The number of methoxy groups -OCH3 is 1. The standard InChI is InChI=1S/C20H25NO2S/c1-19(2)10-11-20(3,4)17-15(19)12-16(24-17)21-14-8-6-13(7-9-14)18(22)23-5/h6-9,12,21H,10-11H2,1-5H3. The van der Waals surface area contributed by atoms with Crippen molar-refractivity contribution in [3.63, 3.8) is 0 Å². The van der Waals surface area contributed by atoms with Crippen LogP contribution < -0.4 is 5.32 Å². The lowest BCUT2D eigenvalue weighted by molar-refractivity contribution is 0.0601. The number of nitrogens with one attached hydrogen (secondary N) is 1. The van der Waals surface area contributed by atoms with E-state index in [1.807, 2.05) is 23.5 Å². The Morgan fingerprint density at radius 2 is 1.71 bits per heavy atom. The van der Waals surface area contributed by atoms with Gasteiger partial charge < -0.3 is 10.1 Å². The van der Waals surface area contributed by atoms with Crippen molar-refractivity contribution in [2.75, 3.05) is 12.4 Å². The first kappa shape index (κ1) is 17.0. The molecule has 2 aromatic rings. The molecule has 1 aliphatic rings. The number of fused-ring (bicyclic) bond motifs is 1. The van der Waals surface area contributed by atoms with E-state index < -0.39 is 0 Å². The minimum atomic E-state index is -0.309. The molecule has 0 spiro atoms. The predicted octanol–water partition coefficient (Wildman–Crippen LogP) is 5.63. The number of ether oxygens (including phenoxy) is 1. The van der Waals surface area contributed by atoms with Gasteiger partial charge in [-0.2, -0.15) is 0 Å². The van der Waals surface area contributed by atoms with E-state index in [4.69, 9.17) is 4.74 Å². The highest BCUT2D eigenvalue weighted by Crippen LogP contribution is 2.50. The SMILES string of the molecule is COC(=O)c1ccc(Nc2cc3c(s2)C(C)(C)CCC3(C)C)cc1. The zero-order valence-corrected chi connectivity index (χ0v) is 15.8. The lowest BCUT2D eigenvalue weighted by Gasteiger charge is -2.39. The number of carbonyl (C=O) groups excluding carboxylic acids is 1. The van der Waals surface area contributed by atoms with E-state index in [9.17, 15) is 4.79 Å². The van der Waals surface area contributed by atoms with Gasteiger partial charge in [0.15, 0.2) is 0 Å². The third kappa shape index (κ3) is 3.07. The summed E-state index contributed by atoms with van der Waals surface area (Å²) in [7, 11) is 1.40. The van der Waals surface area contributed by atoms with E-state index in [-0.39, 0.29) is 16.8 Å². The van der Waals surface area contributed by atoms with Crippen LogP contribution in [-0.4, -0.2) is 13.1 Å². The van der Waals surface area contributed by atoms with Crippen LogP contribution in [0.1, 0.15) is 61.3 Å². The summed E-state index contributed by atoms with van der Waals surface area (Å²) in [5, 5.41) is 4.65. The summed E-state index contributed by atoms with van der Waals surface area (Å²) < 4.78 is 4.74. The molecule has 1 N–H and O–H groups in total. The van der Waals surface area contributed by atoms with Gasteiger partial charge in [-0.3, -0.25) is 0 Å². The number of anilines is 2. The van der Waals surface area contributed by atoms with Crippen molar-refractivity contribution >= 4 is 28.0 Å². The second kappa shape index (κ2) is 5.92. The van der Waals surface area contributed by atoms with Crippen molar-refractivity contribution in [1.29, 1.82) is 0 Å². The highest BCUT2D eigenvalue weighted by atomic mass is 32.1. The minimum Gasteiger partial charge on any atom is -0.465 e. The van der Waals surface area contributed by atoms with E-state index in [0.717, 1.165) is 10.7 Å². The van der Waals surface area contributed by atoms with Gasteiger partial charge in [0.2, 0.25) is 0 Å². The first-order valence-corrected chi connectivity index (χ1v) is 9.15. The number of rotatable bonds is 3. The van der Waals surface area contributed by atoms with Crippen molar-refractivity contribution < 1.29 is 9.53 Å². The van der Waals surface area contributed by atoms with Gasteiger partial charge in [0, 0.05) is 10.6 Å². The Morgan fingerprint density at radius 3 is 2.29 bits per heavy atom. The Balaban J connectivity index is 1.87. The number of carbonyl (C=O) groups is 1. The molecule has 1 aromatic carbocycles. The van der Waals surface area contributed by atoms with Gasteiger partial charge in [0.05, 0.1) is 17.7 Å². The average Bonchev–Trinajstić information content (AvgIpc) is 2.98. The van der Waals surface area contributed by atoms with Crippen LogP contribution in [0, 0.1) is 0 Å². The molecular formula is C20H25NO2S. The fraction of sp³-hybridized carbons (Fsp3) is 0.450. The molecule has 0 amide bonds. The fourth-order valence-electron chi connectivity index (χ4n) is 3.28. The van der Waals surface area contributed by atoms with Crippen molar-refractivity contribution in [2.45, 2.75) is 51.4 Å². The zero-order valence-electron chi connectivity index (χ0n) is 15.0. The Morgan fingerprint density at radius 1 is 1.08 bits per heavy atom. The molecule has 1 aromatic heterocycles. The Hall–Kier alpha value is -1.81. The minimum absolute atomic E-state index is 0.232. The summed E-state index contributed by atoms with van der Waals surface area (Å²) >= 11 is 1.85. The van der Waals surface area contributed by atoms with E-state index in [0.29, 0.717) is 5.56 Å². The van der Waals surface area contributed by atoms with Crippen LogP contribution in [0.2, 0.25) is 0 Å². The lowest BCUT2D eigenvalue weighted by atomic mass is 9.67. The van der Waals surface area contributed by atoms with Crippen LogP contribution in [0.3, 0.4) is 0 Å². The second-order valence-corrected chi connectivity index (χ2v) is 8.87. The molecular weight excluding hydrogens is 318 g/mol. The lowest BCUT2D eigenvalue weighted by Crippen LogP contribution is -2.31. The van der Waals surface area contributed by atoms with Crippen LogP contribution in [0.4, 0.5) is 10.7 Å². The smallest absolute Gasteiger partial charge is 0.337 e. The molecule has 3 nitrogen and oxygen atoms in total. The summed E-state index contributed by atoms with van der Waals surface area (Å²) in [5.74, 6) is -0.309. The van der Waals surface area contributed by atoms with Crippen LogP contribution in [0.5, 0.6) is 0 Å². The van der Waals surface area contributed by atoms with E-state index in [2.05, 4.69) is 39.1 Å². The van der Waals surface area contributed by atoms with Crippen LogP contribution in [0.25, 0.3) is 0 Å². The number of hydrogen-bond donors (Lipinski definition) is 1. The predicted molar refractivity (Wildman–Crippen MR) is 101 cm³/mol. The van der Waals surface area contributed by atoms with Gasteiger partial charge in [-0.15, -0.1) is 11.3 Å². The molecule has 0 aliphatic heterocycles. The molecule has 0 saturated heterocycles. The molecule has 24 heavy (non-hydrogen) atoms. The summed E-state index contributed by atoms with van der Waals surface area (Å²) in [6, 6.07) is 9.71. The highest BCUT2D eigenvalue weighted by molar-refractivity contribution is 7.16. The van der Waals surface area contributed by atoms with Crippen molar-refractivity contribution in [2.24, 2.45) is 0 Å². The maximum Gasteiger partial charge on any atom is 0.337 e. The highest BCUT2D eigenvalue weighted by Gasteiger charge is 2.38. The normalized spacial score (nSPS) is 17.9. The van der Waals surface area contributed by atoms with Gasteiger partial charge in [-0.25, -0.2) is 4.79 Å². The Kier molecular flexibility index (Phi) is 4.20. The molecule has 1 heterocycles. The number of thiophene rings is 1. The van der Waals surface area contributed by atoms with Crippen LogP contribution in [-0.2, 0) is 15.6 Å². The quantitative estimate of drug-likeness (QED) is 0.734. The van der Waals surface area contributed by atoms with Gasteiger partial charge in [-0.1, -0.05) is 27.7 Å². The fourth-order valence-corrected chi connectivity index (χ4v) is 4.67. The van der Waals surface area contributed by atoms with Crippen molar-refractivity contribution in [3.8, 4) is 0 Å². The van der Waals surface area contributed by atoms with Gasteiger partial charge in [-0.05, 0) is 59.6 Å². The third-order valence-corrected chi connectivity index (χ3v) is 6.44. The number of benzene rings is 1. The summed E-state index contributed by atoms with van der Waals surface area (Å²) in [5.41, 5.74) is 3.49. The maximum absolute atomic E-state index is 11.5. The molecule has 0 fully saturated rings. The largest absolute Gasteiger partial charge is 0.465 e. The van der Waals surface area contributed by atoms with E-state index in [1.165, 1.54) is 30.4 Å². The van der Waals surface area contributed by atoms with Crippen molar-refractivity contribution in [1.82, 2.24) is 0 Å². The Labute approximate surface area is 148 Å².